The van der Waals surface area contributed by atoms with Gasteiger partial charge in [0.2, 0.25) is 65.0 Å². The average Bonchev–Trinajstić information content (AvgIpc) is 0.801. The van der Waals surface area contributed by atoms with E-state index in [2.05, 4.69) is 21.3 Å². The molecule has 29 heteroatoms. The molecule has 1 aliphatic rings. The summed E-state index contributed by atoms with van der Waals surface area (Å²) in [5, 5.41) is 34.7. The average molecular weight is 1440 g/mol. The van der Waals surface area contributed by atoms with Crippen LogP contribution in [-0.4, -0.2) is 275 Å². The number of carbonyl (C=O) groups excluding carboxylic acids is 13. The molecule has 1 saturated heterocycles. The summed E-state index contributed by atoms with van der Waals surface area (Å²) >= 11 is 1.15. The van der Waals surface area contributed by atoms with E-state index < -0.39 is 185 Å². The lowest BCUT2D eigenvalue weighted by molar-refractivity contribution is -0.159. The van der Waals surface area contributed by atoms with Crippen LogP contribution in [0, 0.1) is 41.4 Å². The van der Waals surface area contributed by atoms with Crippen molar-refractivity contribution in [1.82, 2.24) is 55.6 Å². The molecule has 1 fully saturated rings. The third-order valence-electron chi connectivity index (χ3n) is 18.4. The Morgan fingerprint density at radius 3 is 1.42 bits per heavy atom. The molecule has 11 amide bonds. The Morgan fingerprint density at radius 2 is 0.960 bits per heavy atom. The lowest BCUT2D eigenvalue weighted by Gasteiger charge is -2.41. The fraction of sp³-hybridized carbons (Fsp3) is 0.789. The summed E-state index contributed by atoms with van der Waals surface area (Å²) in [6.45, 7) is 28.4. The van der Waals surface area contributed by atoms with E-state index in [4.69, 9.17) is 9.47 Å². The van der Waals surface area contributed by atoms with Crippen LogP contribution >= 0.6 is 11.8 Å². The highest BCUT2D eigenvalue weighted by molar-refractivity contribution is 7.99. The van der Waals surface area contributed by atoms with Gasteiger partial charge in [-0.15, -0.1) is 0 Å². The molecule has 0 unspecified atom stereocenters. The number of allylic oxidation sites excluding steroid dienone is 2. The number of nitrogens with one attached hydrogen (secondary N) is 4. The smallest absolute Gasteiger partial charge is 0.320 e. The molecule has 0 radical (unpaired) electrons. The van der Waals surface area contributed by atoms with Crippen LogP contribution in [0.5, 0.6) is 0 Å². The van der Waals surface area contributed by atoms with E-state index in [1.54, 1.807) is 60.6 Å². The Hall–Kier alpha value is -6.88. The van der Waals surface area contributed by atoms with Crippen LogP contribution in [-0.2, 0) is 71.8 Å². The van der Waals surface area contributed by atoms with Crippen molar-refractivity contribution in [2.45, 2.75) is 247 Å². The second-order valence-electron chi connectivity index (χ2n) is 29.5. The maximum atomic E-state index is 15.5. The van der Waals surface area contributed by atoms with Crippen LogP contribution in [0.4, 0.5) is 0 Å². The van der Waals surface area contributed by atoms with Gasteiger partial charge in [-0.1, -0.05) is 95.2 Å². The third kappa shape index (κ3) is 26.2. The molecule has 0 saturated carbocycles. The molecular weight excluding hydrogens is 1310 g/mol. The number of carbonyl (C=O) groups is 13. The number of aliphatic hydroxyl groups is 2. The van der Waals surface area contributed by atoms with Crippen molar-refractivity contribution in [3.63, 3.8) is 0 Å². The number of aliphatic hydroxyl groups excluding tert-OH is 1. The topological polar surface area (TPSA) is 352 Å². The maximum Gasteiger partial charge on any atom is 0.320 e. The lowest BCUT2D eigenvalue weighted by Crippen LogP contribution is -2.64. The van der Waals surface area contributed by atoms with Crippen LogP contribution < -0.4 is 21.3 Å². The van der Waals surface area contributed by atoms with Crippen molar-refractivity contribution >= 4 is 88.7 Å². The van der Waals surface area contributed by atoms with Crippen LogP contribution in [0.25, 0.3) is 0 Å². The first-order valence-corrected chi connectivity index (χ1v) is 36.2. The monoisotopic (exact) mass is 1440 g/mol. The molecule has 1 aliphatic heterocycles. The zero-order chi connectivity index (χ0) is 77.5. The summed E-state index contributed by atoms with van der Waals surface area (Å²) in [6, 6.07) is -15.1. The summed E-state index contributed by atoms with van der Waals surface area (Å²) in [4.78, 5) is 198. The van der Waals surface area contributed by atoms with Gasteiger partial charge in [0.15, 0.2) is 5.92 Å². The zero-order valence-corrected chi connectivity index (χ0v) is 65.6. The predicted molar refractivity (Wildman–Crippen MR) is 383 cm³/mol. The van der Waals surface area contributed by atoms with Crippen LogP contribution in [0.15, 0.2) is 12.2 Å². The van der Waals surface area contributed by atoms with Gasteiger partial charge in [-0.25, -0.2) is 0 Å². The first kappa shape index (κ1) is 91.1. The standard InChI is InChI=1S/C71H125N11O17S/c1-27-29-31-44(13)57(83)56-61(87)74-48(28-2)63(89)80(22)53(38-100-33-30-32-47(69(95)98-25)70(96)99-26)66(92)79(21)52(37-71(16,17)97)60(86)75-54(42(9)10)67(93)76(18)49(34-39(3)4)59(85)72-45(14)58(84)73-46(15)62(88)77(19)50(35-40(5)6)64(90)78(20)51(36-41(7)8)65(91)81(23)55(43(11)12)68(94)82(56)24/h27,29,39-57,83,97H,28,30-38H2,1-26H3,(H,72,85)(H,73,84)(H,74,87)(H,75,86)/t44-,45+,46-,48+,49+,50+,51+,52+,53-,54+,55+,56+,57-/m1/s1. The van der Waals surface area contributed by atoms with Gasteiger partial charge in [0.1, 0.15) is 66.5 Å². The number of likely N-dealkylation sites (N-methyl/N-ethyl adjacent to an activating group) is 7. The number of rotatable bonds is 23. The fourth-order valence-corrected chi connectivity index (χ4v) is 13.3. The molecule has 1 rings (SSSR count). The van der Waals surface area contributed by atoms with Crippen molar-refractivity contribution in [1.29, 1.82) is 0 Å². The molecule has 0 aliphatic carbocycles. The number of hydrogen-bond donors (Lipinski definition) is 6. The summed E-state index contributed by atoms with van der Waals surface area (Å²) in [7, 11) is 11.8. The van der Waals surface area contributed by atoms with Crippen molar-refractivity contribution in [3.8, 4) is 0 Å². The van der Waals surface area contributed by atoms with E-state index in [0.717, 1.165) is 45.6 Å². The van der Waals surface area contributed by atoms with Gasteiger partial charge in [-0.3, -0.25) is 62.3 Å². The second kappa shape index (κ2) is 41.9. The number of amides is 11. The molecule has 0 aromatic carbocycles. The number of hydrogen-bond acceptors (Lipinski definition) is 18. The normalized spacial score (nSPS) is 25.4. The van der Waals surface area contributed by atoms with Gasteiger partial charge >= 0.3 is 11.9 Å². The van der Waals surface area contributed by atoms with Gasteiger partial charge in [0.25, 0.3) is 0 Å². The van der Waals surface area contributed by atoms with Gasteiger partial charge in [-0.05, 0) is 121 Å². The molecule has 0 aromatic heterocycles. The maximum absolute atomic E-state index is 15.5. The largest absolute Gasteiger partial charge is 0.468 e. The quantitative estimate of drug-likeness (QED) is 0.0370. The summed E-state index contributed by atoms with van der Waals surface area (Å²) in [5.41, 5.74) is -1.66. The van der Waals surface area contributed by atoms with E-state index in [-0.39, 0.29) is 74.2 Å². The van der Waals surface area contributed by atoms with Crippen molar-refractivity contribution in [2.24, 2.45) is 41.4 Å². The molecule has 0 bridgehead atoms. The Labute approximate surface area is 599 Å². The van der Waals surface area contributed by atoms with Gasteiger partial charge in [0.05, 0.1) is 25.9 Å². The molecule has 6 N–H and O–H groups in total. The molecule has 1 heterocycles. The van der Waals surface area contributed by atoms with Crippen molar-refractivity contribution in [2.75, 3.05) is 75.1 Å². The molecule has 28 nitrogen and oxygen atoms in total. The number of thioether (sulfide) groups is 1. The van der Waals surface area contributed by atoms with E-state index >= 15 is 33.6 Å². The highest BCUT2D eigenvalue weighted by Crippen LogP contribution is 2.27. The molecular formula is C71H125N11O17S. The summed E-state index contributed by atoms with van der Waals surface area (Å²) in [6.07, 6.45) is 2.13. The number of esters is 2. The Morgan fingerprint density at radius 1 is 0.530 bits per heavy atom. The molecule has 0 aromatic rings. The highest BCUT2D eigenvalue weighted by atomic mass is 32.2. The molecule has 13 atom stereocenters. The Balaban J connectivity index is 4.62. The minimum atomic E-state index is -1.72. The fourth-order valence-electron chi connectivity index (χ4n) is 12.2. The second-order valence-corrected chi connectivity index (χ2v) is 30.7. The summed E-state index contributed by atoms with van der Waals surface area (Å²) in [5.74, 6) is -14.0. The predicted octanol–water partition coefficient (Wildman–Crippen LogP) is 3.23. The van der Waals surface area contributed by atoms with Gasteiger partial charge in [0, 0.05) is 61.5 Å². The first-order valence-electron chi connectivity index (χ1n) is 35.1. The van der Waals surface area contributed by atoms with Crippen LogP contribution in [0.1, 0.15) is 169 Å². The van der Waals surface area contributed by atoms with E-state index in [0.29, 0.717) is 0 Å². The minimum Gasteiger partial charge on any atom is -0.468 e. The number of methoxy groups -OCH3 is 2. The van der Waals surface area contributed by atoms with E-state index in [1.165, 1.54) is 91.7 Å². The number of nitrogens with zero attached hydrogens (tertiary/aromatic N) is 7. The zero-order valence-electron chi connectivity index (χ0n) is 64.8. The van der Waals surface area contributed by atoms with Crippen LogP contribution in [0.3, 0.4) is 0 Å². The minimum absolute atomic E-state index is 0.0141. The Kier molecular flexibility index (Phi) is 38.2. The first-order chi connectivity index (χ1) is 46.2. The highest BCUT2D eigenvalue weighted by Gasteiger charge is 2.47. The van der Waals surface area contributed by atoms with Crippen molar-refractivity contribution < 1.29 is 82.0 Å². The van der Waals surface area contributed by atoms with E-state index in [9.17, 15) is 39.0 Å². The Bertz CT molecular complexity index is 2800. The van der Waals surface area contributed by atoms with E-state index in [1.807, 2.05) is 41.5 Å². The SMILES string of the molecule is CC=CC[C@@H](C)[C@@H](O)[C@H]1C(=O)N[C@@H](CC)C(=O)N(C)[C@H](CSCCCC(C(=O)OC)C(=O)OC)C(=O)N(C)[C@@H](CC(C)(C)O)C(=O)N[C@@H](C(C)C)C(=O)N(C)[C@@H](CC(C)C)C(=O)N[C@@H](C)C(=O)N[C@H](C)C(=O)N(C)[C@@H](CC(C)C)C(=O)N(C)[C@@H](CC(C)C)C(=O)N(C)[C@@H](C(C)C)C(=O)N1C. The van der Waals surface area contributed by atoms with Gasteiger partial charge in [-0.2, -0.15) is 11.8 Å². The lowest BCUT2D eigenvalue weighted by atomic mass is 9.91. The van der Waals surface area contributed by atoms with Crippen LogP contribution in [0.2, 0.25) is 0 Å². The van der Waals surface area contributed by atoms with Crippen molar-refractivity contribution in [3.05, 3.63) is 12.2 Å². The molecule has 572 valence electrons. The molecule has 0 spiro atoms. The van der Waals surface area contributed by atoms with Gasteiger partial charge < -0.3 is 75.3 Å². The third-order valence-corrected chi connectivity index (χ3v) is 19.5. The number of ether oxygens (including phenoxy) is 2. The summed E-state index contributed by atoms with van der Waals surface area (Å²) < 4.78 is 9.67. The molecule has 100 heavy (non-hydrogen) atoms.